The smallest absolute Gasteiger partial charge is 0.255 e. The third-order valence-electron chi connectivity index (χ3n) is 11.4. The van der Waals surface area contributed by atoms with E-state index in [0.717, 1.165) is 45.9 Å². The van der Waals surface area contributed by atoms with Crippen LogP contribution in [0, 0.1) is 23.2 Å². The molecule has 2 bridgehead atoms. The van der Waals surface area contributed by atoms with Crippen LogP contribution in [0.3, 0.4) is 0 Å². The zero-order valence-electron chi connectivity index (χ0n) is 22.4. The SMILES string of the molecule is CN1C(=O)CCC(N2Cc3c(SCc4ccc(CNC56CC7CC8CC(C5)C87C6)cc4)cccc3C2=O)C1=O. The first kappa shape index (κ1) is 24.2. The summed E-state index contributed by atoms with van der Waals surface area (Å²) in [7, 11) is 1.51. The second-order valence-corrected chi connectivity index (χ2v) is 14.1. The van der Waals surface area contributed by atoms with Crippen molar-refractivity contribution in [3.63, 3.8) is 0 Å². The predicted molar refractivity (Wildman–Crippen MR) is 149 cm³/mol. The highest BCUT2D eigenvalue weighted by atomic mass is 32.2. The van der Waals surface area contributed by atoms with Gasteiger partial charge in [0.15, 0.2) is 0 Å². The molecule has 202 valence electrons. The lowest BCUT2D eigenvalue weighted by molar-refractivity contribution is -0.175. The van der Waals surface area contributed by atoms with Crippen LogP contribution in [0.1, 0.15) is 72.0 Å². The number of benzene rings is 2. The van der Waals surface area contributed by atoms with Crippen molar-refractivity contribution >= 4 is 29.5 Å². The number of hydrogen-bond acceptors (Lipinski definition) is 5. The van der Waals surface area contributed by atoms with Gasteiger partial charge in [-0.2, -0.15) is 0 Å². The first-order valence-electron chi connectivity index (χ1n) is 14.6. The van der Waals surface area contributed by atoms with Crippen LogP contribution in [0.25, 0.3) is 0 Å². The Hall–Kier alpha value is -2.64. The summed E-state index contributed by atoms with van der Waals surface area (Å²) < 4.78 is 0. The zero-order chi connectivity index (χ0) is 26.5. The van der Waals surface area contributed by atoms with Crippen molar-refractivity contribution in [3.05, 3.63) is 64.7 Å². The van der Waals surface area contributed by atoms with E-state index in [9.17, 15) is 14.4 Å². The van der Waals surface area contributed by atoms with E-state index >= 15 is 0 Å². The zero-order valence-corrected chi connectivity index (χ0v) is 23.3. The molecule has 5 fully saturated rings. The van der Waals surface area contributed by atoms with E-state index in [1.807, 2.05) is 12.1 Å². The van der Waals surface area contributed by atoms with Gasteiger partial charge < -0.3 is 10.2 Å². The number of likely N-dealkylation sites (tertiary alicyclic amines) is 1. The minimum atomic E-state index is -0.564. The lowest BCUT2D eigenvalue weighted by Crippen LogP contribution is -2.60. The number of amides is 3. The Morgan fingerprint density at radius 1 is 0.974 bits per heavy atom. The Morgan fingerprint density at radius 3 is 2.44 bits per heavy atom. The Bertz CT molecular complexity index is 1390. The van der Waals surface area contributed by atoms with E-state index in [1.165, 1.54) is 55.2 Å². The molecule has 0 aromatic heterocycles. The number of thioether (sulfide) groups is 1. The van der Waals surface area contributed by atoms with Crippen molar-refractivity contribution in [2.75, 3.05) is 7.05 Å². The maximum atomic E-state index is 13.2. The number of piperidine rings is 1. The number of nitrogens with zero attached hydrogens (tertiary/aromatic N) is 2. The summed E-state index contributed by atoms with van der Waals surface area (Å²) in [5.74, 6) is 3.35. The molecule has 2 heterocycles. The predicted octanol–water partition coefficient (Wildman–Crippen LogP) is 4.75. The highest BCUT2D eigenvalue weighted by Gasteiger charge is 2.77. The molecule has 6 nitrogen and oxygen atoms in total. The maximum absolute atomic E-state index is 13.2. The van der Waals surface area contributed by atoms with E-state index in [-0.39, 0.29) is 17.7 Å². The summed E-state index contributed by atoms with van der Waals surface area (Å²) in [6, 6.07) is 14.3. The summed E-state index contributed by atoms with van der Waals surface area (Å²) in [5, 5.41) is 4.02. The Kier molecular flexibility index (Phi) is 5.23. The minimum absolute atomic E-state index is 0.106. The van der Waals surface area contributed by atoms with Crippen LogP contribution >= 0.6 is 11.8 Å². The van der Waals surface area contributed by atoms with Gasteiger partial charge in [-0.3, -0.25) is 19.3 Å². The summed E-state index contributed by atoms with van der Waals surface area (Å²) in [5.41, 5.74) is 5.46. The molecule has 6 aliphatic rings. The molecular formula is C32H35N3O3S. The van der Waals surface area contributed by atoms with Crippen molar-refractivity contribution in [3.8, 4) is 0 Å². The van der Waals surface area contributed by atoms with Crippen molar-refractivity contribution in [2.24, 2.45) is 23.2 Å². The van der Waals surface area contributed by atoms with Crippen LogP contribution in [0.5, 0.6) is 0 Å². The first-order valence-corrected chi connectivity index (χ1v) is 15.5. The number of fused-ring (bicyclic) bond motifs is 2. The monoisotopic (exact) mass is 541 g/mol. The third-order valence-corrected chi connectivity index (χ3v) is 12.5. The van der Waals surface area contributed by atoms with Gasteiger partial charge in [0.1, 0.15) is 6.04 Å². The Labute approximate surface area is 233 Å². The second-order valence-electron chi connectivity index (χ2n) is 13.1. The minimum Gasteiger partial charge on any atom is -0.322 e. The fourth-order valence-corrected chi connectivity index (χ4v) is 10.4. The maximum Gasteiger partial charge on any atom is 0.255 e. The summed E-state index contributed by atoms with van der Waals surface area (Å²) >= 11 is 1.75. The topological polar surface area (TPSA) is 69.7 Å². The fourth-order valence-electron chi connectivity index (χ4n) is 9.39. The second kappa shape index (κ2) is 8.43. The van der Waals surface area contributed by atoms with Crippen LogP contribution in [0.15, 0.2) is 47.4 Å². The molecule has 2 aromatic carbocycles. The molecule has 8 rings (SSSR count). The number of nitrogens with one attached hydrogen (secondary N) is 1. The average molecular weight is 542 g/mol. The molecule has 7 heteroatoms. The molecule has 4 saturated carbocycles. The van der Waals surface area contributed by atoms with Gasteiger partial charge in [0.05, 0.1) is 0 Å². The Balaban J connectivity index is 0.903. The average Bonchev–Trinajstić information content (AvgIpc) is 3.54. The molecular weight excluding hydrogens is 506 g/mol. The quantitative estimate of drug-likeness (QED) is 0.405. The highest BCUT2D eigenvalue weighted by Crippen LogP contribution is 2.82. The van der Waals surface area contributed by atoms with Crippen molar-refractivity contribution in [1.29, 1.82) is 0 Å². The lowest BCUT2D eigenvalue weighted by atomic mass is 9.38. The van der Waals surface area contributed by atoms with Crippen molar-refractivity contribution in [1.82, 2.24) is 15.1 Å². The highest BCUT2D eigenvalue weighted by molar-refractivity contribution is 7.98. The van der Waals surface area contributed by atoms with Gasteiger partial charge in [-0.15, -0.1) is 11.8 Å². The summed E-state index contributed by atoms with van der Waals surface area (Å²) in [4.78, 5) is 41.8. The molecule has 1 saturated heterocycles. The molecule has 3 atom stereocenters. The van der Waals surface area contributed by atoms with E-state index in [2.05, 4.69) is 35.6 Å². The largest absolute Gasteiger partial charge is 0.322 e. The van der Waals surface area contributed by atoms with Crippen molar-refractivity contribution < 1.29 is 14.4 Å². The van der Waals surface area contributed by atoms with Gasteiger partial charge in [0.25, 0.3) is 11.8 Å². The van der Waals surface area contributed by atoms with Crippen molar-refractivity contribution in [2.45, 2.75) is 80.3 Å². The van der Waals surface area contributed by atoms with E-state index in [4.69, 9.17) is 0 Å². The van der Waals surface area contributed by atoms with E-state index in [0.29, 0.717) is 30.5 Å². The number of likely N-dealkylation sites (N-methyl/N-ethyl adjacent to an activating group) is 1. The standard InChI is InChI=1S/C32H35N3O3S/c1-34-28(36)10-9-26(30(34)38)35-16-25-24(29(35)37)3-2-4-27(25)39-17-20-7-5-19(6-8-20)15-33-31-13-22-11-21-12-23(14-31)32(21,22)18-31/h2-8,21-23,26,33H,9-18H2,1H3. The summed E-state index contributed by atoms with van der Waals surface area (Å²) in [6.45, 7) is 1.38. The Morgan fingerprint density at radius 2 is 1.72 bits per heavy atom. The van der Waals surface area contributed by atoms with Gasteiger partial charge in [-0.1, -0.05) is 30.3 Å². The molecule has 2 aromatic rings. The van der Waals surface area contributed by atoms with Gasteiger partial charge in [0.2, 0.25) is 5.91 Å². The normalized spacial score (nSPS) is 35.7. The number of rotatable bonds is 7. The van der Waals surface area contributed by atoms with Crippen LogP contribution < -0.4 is 5.32 Å². The molecule has 0 radical (unpaired) electrons. The molecule has 4 aliphatic carbocycles. The van der Waals surface area contributed by atoms with Crippen LogP contribution in [-0.4, -0.2) is 46.1 Å². The van der Waals surface area contributed by atoms with Crippen LogP contribution in [0.4, 0.5) is 0 Å². The molecule has 1 N–H and O–H groups in total. The number of hydrogen-bond donors (Lipinski definition) is 1. The molecule has 3 amide bonds. The number of imide groups is 1. The molecule has 39 heavy (non-hydrogen) atoms. The van der Waals surface area contributed by atoms with Gasteiger partial charge >= 0.3 is 0 Å². The third kappa shape index (κ3) is 3.41. The molecule has 1 spiro atoms. The lowest BCUT2D eigenvalue weighted by Gasteiger charge is -2.66. The molecule has 3 unspecified atom stereocenters. The van der Waals surface area contributed by atoms with Gasteiger partial charge in [0, 0.05) is 48.3 Å². The van der Waals surface area contributed by atoms with E-state index in [1.54, 1.807) is 16.7 Å². The summed E-state index contributed by atoms with van der Waals surface area (Å²) in [6.07, 6.45) is 7.93. The van der Waals surface area contributed by atoms with Crippen LogP contribution in [0.2, 0.25) is 0 Å². The van der Waals surface area contributed by atoms with E-state index < -0.39 is 6.04 Å². The van der Waals surface area contributed by atoms with Gasteiger partial charge in [-0.25, -0.2) is 0 Å². The molecule has 2 aliphatic heterocycles. The number of carbonyl (C=O) groups is 3. The first-order chi connectivity index (χ1) is 18.9. The fraction of sp³-hybridized carbons (Fsp3) is 0.531. The van der Waals surface area contributed by atoms with Gasteiger partial charge in [-0.05, 0) is 90.5 Å². The van der Waals surface area contributed by atoms with Crippen LogP contribution in [-0.2, 0) is 28.4 Å². The number of carbonyl (C=O) groups excluding carboxylic acids is 3.